The summed E-state index contributed by atoms with van der Waals surface area (Å²) in [4.78, 5) is 9.54. The zero-order valence-corrected chi connectivity index (χ0v) is 15.3. The van der Waals surface area contributed by atoms with E-state index < -0.39 is 0 Å². The number of rotatable bonds is 5. The van der Waals surface area contributed by atoms with Crippen LogP contribution in [0.4, 0.5) is 0 Å². The molecule has 24 heavy (non-hydrogen) atoms. The predicted octanol–water partition coefficient (Wildman–Crippen LogP) is 4.39. The largest absolute Gasteiger partial charge is 0.496 e. The lowest BCUT2D eigenvalue weighted by Crippen LogP contribution is -2.03. The first kappa shape index (κ1) is 16.8. The molecule has 1 aromatic carbocycles. The van der Waals surface area contributed by atoms with Gasteiger partial charge in [0.2, 0.25) is 0 Å². The Labute approximate surface area is 147 Å². The average Bonchev–Trinajstić information content (AvgIpc) is 2.94. The summed E-state index contributed by atoms with van der Waals surface area (Å²) in [7, 11) is 1.69. The predicted molar refractivity (Wildman–Crippen MR) is 98.7 cm³/mol. The summed E-state index contributed by atoms with van der Waals surface area (Å²) in [6, 6.07) is 8.28. The summed E-state index contributed by atoms with van der Waals surface area (Å²) >= 11 is 5.88. The summed E-state index contributed by atoms with van der Waals surface area (Å²) in [5.41, 5.74) is 6.13. The third kappa shape index (κ3) is 2.86. The van der Waals surface area contributed by atoms with Crippen molar-refractivity contribution in [3.8, 4) is 11.4 Å². The van der Waals surface area contributed by atoms with Gasteiger partial charge in [0.1, 0.15) is 17.1 Å². The van der Waals surface area contributed by atoms with Gasteiger partial charge in [0, 0.05) is 24.1 Å². The Bertz CT molecular complexity index is 886. The number of alkyl halides is 1. The Balaban J connectivity index is 2.25. The Morgan fingerprint density at radius 3 is 2.62 bits per heavy atom. The fraction of sp³-hybridized carbons (Fsp3) is 0.368. The number of aromatic nitrogens is 3. The maximum Gasteiger partial charge on any atom is 0.165 e. The molecule has 0 atom stereocenters. The van der Waals surface area contributed by atoms with Gasteiger partial charge >= 0.3 is 0 Å². The van der Waals surface area contributed by atoms with Gasteiger partial charge in [-0.25, -0.2) is 9.97 Å². The van der Waals surface area contributed by atoms with E-state index in [1.54, 1.807) is 7.11 Å². The van der Waals surface area contributed by atoms with Crippen molar-refractivity contribution in [1.29, 1.82) is 0 Å². The van der Waals surface area contributed by atoms with E-state index in [2.05, 4.69) is 36.6 Å². The Kier molecular flexibility index (Phi) is 4.76. The van der Waals surface area contributed by atoms with Crippen molar-refractivity contribution in [2.45, 2.75) is 33.6 Å². The van der Waals surface area contributed by atoms with Crippen LogP contribution in [0.1, 0.15) is 29.6 Å². The summed E-state index contributed by atoms with van der Waals surface area (Å²) in [5, 5.41) is 0. The molecule has 0 saturated heterocycles. The second-order valence-corrected chi connectivity index (χ2v) is 6.28. The van der Waals surface area contributed by atoms with Crippen molar-refractivity contribution >= 4 is 22.8 Å². The number of halogens is 1. The van der Waals surface area contributed by atoms with E-state index in [1.165, 1.54) is 0 Å². The van der Waals surface area contributed by atoms with Crippen LogP contribution in [0.3, 0.4) is 0 Å². The lowest BCUT2D eigenvalue weighted by Gasteiger charge is -2.13. The highest BCUT2D eigenvalue weighted by Gasteiger charge is 2.16. The number of nitrogens with zero attached hydrogens (tertiary/aromatic N) is 3. The molecule has 0 N–H and O–H groups in total. The number of hydrogen-bond acceptors (Lipinski definition) is 3. The topological polar surface area (TPSA) is 39.9 Å². The van der Waals surface area contributed by atoms with Gasteiger partial charge in [-0.1, -0.05) is 13.0 Å². The van der Waals surface area contributed by atoms with Gasteiger partial charge < -0.3 is 4.74 Å². The summed E-state index contributed by atoms with van der Waals surface area (Å²) in [6.45, 7) is 6.20. The highest BCUT2D eigenvalue weighted by molar-refractivity contribution is 6.18. The lowest BCUT2D eigenvalue weighted by atomic mass is 10.1. The quantitative estimate of drug-likeness (QED) is 0.645. The first-order valence-corrected chi connectivity index (χ1v) is 8.71. The molecule has 0 aliphatic heterocycles. The number of fused-ring (bicyclic) bond motifs is 1. The SMILES string of the molecule is CCc1nc2c(C)cc(C)nc2n1-c1ccc(CCCl)c(OC)c1. The molecule has 0 aliphatic carbocycles. The monoisotopic (exact) mass is 343 g/mol. The van der Waals surface area contributed by atoms with Gasteiger partial charge in [0.25, 0.3) is 0 Å². The van der Waals surface area contributed by atoms with E-state index >= 15 is 0 Å². The van der Waals surface area contributed by atoms with Crippen LogP contribution in [0, 0.1) is 13.8 Å². The van der Waals surface area contributed by atoms with Gasteiger partial charge in [-0.15, -0.1) is 11.6 Å². The maximum atomic E-state index is 5.88. The molecule has 0 radical (unpaired) electrons. The molecule has 0 aliphatic rings. The van der Waals surface area contributed by atoms with E-state index in [0.717, 1.165) is 58.1 Å². The zero-order chi connectivity index (χ0) is 17.3. The van der Waals surface area contributed by atoms with Crippen LogP contribution in [-0.4, -0.2) is 27.5 Å². The number of aryl methyl sites for hydroxylation is 4. The Morgan fingerprint density at radius 2 is 1.96 bits per heavy atom. The van der Waals surface area contributed by atoms with Crippen molar-refractivity contribution in [2.75, 3.05) is 13.0 Å². The normalized spacial score (nSPS) is 11.2. The van der Waals surface area contributed by atoms with Gasteiger partial charge in [0.15, 0.2) is 5.65 Å². The number of ether oxygens (including phenoxy) is 1. The van der Waals surface area contributed by atoms with Crippen LogP contribution in [0.15, 0.2) is 24.3 Å². The number of hydrogen-bond donors (Lipinski definition) is 0. The second-order valence-electron chi connectivity index (χ2n) is 5.90. The van der Waals surface area contributed by atoms with E-state index in [0.29, 0.717) is 5.88 Å². The number of pyridine rings is 1. The van der Waals surface area contributed by atoms with Gasteiger partial charge in [-0.05, 0) is 43.5 Å². The van der Waals surface area contributed by atoms with Crippen LogP contribution in [0.2, 0.25) is 0 Å². The molecule has 2 heterocycles. The van der Waals surface area contributed by atoms with E-state index in [9.17, 15) is 0 Å². The van der Waals surface area contributed by atoms with Crippen LogP contribution < -0.4 is 4.74 Å². The third-order valence-corrected chi connectivity index (χ3v) is 4.40. The van der Waals surface area contributed by atoms with Crippen molar-refractivity contribution in [3.63, 3.8) is 0 Å². The van der Waals surface area contributed by atoms with Crippen molar-refractivity contribution in [3.05, 3.63) is 46.9 Å². The molecule has 0 bridgehead atoms. The standard InChI is InChI=1S/C19H22ClN3O/c1-5-17-22-18-12(2)10-13(3)21-19(18)23(17)15-7-6-14(8-9-20)16(11-15)24-4/h6-7,10-11H,5,8-9H2,1-4H3. The molecule has 4 nitrogen and oxygen atoms in total. The summed E-state index contributed by atoms with van der Waals surface area (Å²) < 4.78 is 7.68. The van der Waals surface area contributed by atoms with Gasteiger partial charge in [-0.3, -0.25) is 4.57 Å². The number of imidazole rings is 1. The molecule has 0 saturated carbocycles. The smallest absolute Gasteiger partial charge is 0.165 e. The molecule has 2 aromatic heterocycles. The fourth-order valence-corrected chi connectivity index (χ4v) is 3.30. The van der Waals surface area contributed by atoms with Crippen LogP contribution in [-0.2, 0) is 12.8 Å². The van der Waals surface area contributed by atoms with E-state index in [-0.39, 0.29) is 0 Å². The van der Waals surface area contributed by atoms with Gasteiger partial charge in [0.05, 0.1) is 12.8 Å². The average molecular weight is 344 g/mol. The first-order valence-electron chi connectivity index (χ1n) is 8.17. The zero-order valence-electron chi connectivity index (χ0n) is 14.6. The molecule has 3 aromatic rings. The van der Waals surface area contributed by atoms with Crippen molar-refractivity contribution < 1.29 is 4.74 Å². The molecular formula is C19H22ClN3O. The Morgan fingerprint density at radius 1 is 1.17 bits per heavy atom. The summed E-state index contributed by atoms with van der Waals surface area (Å²) in [6.07, 6.45) is 1.62. The minimum Gasteiger partial charge on any atom is -0.496 e. The minimum atomic E-state index is 0.573. The Hall–Kier alpha value is -2.07. The minimum absolute atomic E-state index is 0.573. The number of benzene rings is 1. The van der Waals surface area contributed by atoms with E-state index in [4.69, 9.17) is 26.3 Å². The highest BCUT2D eigenvalue weighted by atomic mass is 35.5. The lowest BCUT2D eigenvalue weighted by molar-refractivity contribution is 0.410. The van der Waals surface area contributed by atoms with Crippen LogP contribution in [0.25, 0.3) is 16.9 Å². The molecule has 126 valence electrons. The molecule has 3 rings (SSSR count). The van der Waals surface area contributed by atoms with E-state index in [1.807, 2.05) is 13.0 Å². The maximum absolute atomic E-state index is 5.88. The van der Waals surface area contributed by atoms with Gasteiger partial charge in [-0.2, -0.15) is 0 Å². The molecule has 0 fully saturated rings. The first-order chi connectivity index (χ1) is 11.6. The second kappa shape index (κ2) is 6.81. The van der Waals surface area contributed by atoms with Crippen LogP contribution >= 0.6 is 11.6 Å². The summed E-state index contributed by atoms with van der Waals surface area (Å²) in [5.74, 6) is 2.42. The number of methoxy groups -OCH3 is 1. The molecule has 0 spiro atoms. The molecular weight excluding hydrogens is 322 g/mol. The van der Waals surface area contributed by atoms with Crippen molar-refractivity contribution in [1.82, 2.24) is 14.5 Å². The third-order valence-electron chi connectivity index (χ3n) is 4.21. The molecule has 0 unspecified atom stereocenters. The van der Waals surface area contributed by atoms with Crippen molar-refractivity contribution in [2.24, 2.45) is 0 Å². The van der Waals surface area contributed by atoms with Crippen LogP contribution in [0.5, 0.6) is 5.75 Å². The molecule has 0 amide bonds. The fourth-order valence-electron chi connectivity index (χ4n) is 3.09. The highest BCUT2D eigenvalue weighted by Crippen LogP contribution is 2.28. The molecule has 5 heteroatoms.